The summed E-state index contributed by atoms with van der Waals surface area (Å²) in [6, 6.07) is 14.0. The van der Waals surface area contributed by atoms with Gasteiger partial charge in [0.1, 0.15) is 5.75 Å². The molecule has 1 heterocycles. The minimum absolute atomic E-state index is 0.000659. The molecule has 1 unspecified atom stereocenters. The van der Waals surface area contributed by atoms with Crippen molar-refractivity contribution in [3.63, 3.8) is 0 Å². The maximum Gasteiger partial charge on any atom is 0.250 e. The van der Waals surface area contributed by atoms with Crippen LogP contribution in [0.1, 0.15) is 22.3 Å². The monoisotopic (exact) mass is 339 g/mol. The Hall–Kier alpha value is -3.02. The standard InChI is InChI=1S/C19H21N3O3/c20-19(25)15-6-2-3-7-16(15)22-10-9-14(12-22)21-18(24)11-13-5-1-4-8-17(13)23/h1-8,14,23H,9-12H2,(H2,20,25)(H,21,24). The smallest absolute Gasteiger partial charge is 0.250 e. The number of hydrogen-bond acceptors (Lipinski definition) is 4. The first-order chi connectivity index (χ1) is 12.0. The molecule has 2 aromatic carbocycles. The fraction of sp³-hybridized carbons (Fsp3) is 0.263. The van der Waals surface area contributed by atoms with Crippen molar-refractivity contribution in [3.8, 4) is 5.75 Å². The Balaban J connectivity index is 1.61. The van der Waals surface area contributed by atoms with Crippen LogP contribution >= 0.6 is 0 Å². The van der Waals surface area contributed by atoms with Crippen molar-refractivity contribution in [1.82, 2.24) is 5.32 Å². The first-order valence-electron chi connectivity index (χ1n) is 8.24. The fourth-order valence-corrected chi connectivity index (χ4v) is 3.17. The zero-order chi connectivity index (χ0) is 17.8. The number of nitrogens with zero attached hydrogens (tertiary/aromatic N) is 1. The molecule has 0 saturated carbocycles. The summed E-state index contributed by atoms with van der Waals surface area (Å²) in [5.74, 6) is -0.458. The number of carbonyl (C=O) groups excluding carboxylic acids is 2. The molecule has 2 aromatic rings. The minimum Gasteiger partial charge on any atom is -0.508 e. The molecule has 1 aliphatic rings. The van der Waals surface area contributed by atoms with Crippen LogP contribution in [0.2, 0.25) is 0 Å². The molecule has 130 valence electrons. The molecule has 6 heteroatoms. The van der Waals surface area contributed by atoms with E-state index in [9.17, 15) is 14.7 Å². The zero-order valence-corrected chi connectivity index (χ0v) is 13.8. The molecular formula is C19H21N3O3. The van der Waals surface area contributed by atoms with Crippen LogP contribution in [0.25, 0.3) is 0 Å². The first kappa shape index (κ1) is 16.8. The molecule has 3 rings (SSSR count). The van der Waals surface area contributed by atoms with Crippen LogP contribution in [0, 0.1) is 0 Å². The van der Waals surface area contributed by atoms with E-state index in [4.69, 9.17) is 5.73 Å². The number of primary amides is 1. The van der Waals surface area contributed by atoms with Crippen LogP contribution in [0.3, 0.4) is 0 Å². The van der Waals surface area contributed by atoms with Crippen LogP contribution < -0.4 is 16.0 Å². The largest absolute Gasteiger partial charge is 0.508 e. The van der Waals surface area contributed by atoms with Crippen molar-refractivity contribution >= 4 is 17.5 Å². The quantitative estimate of drug-likeness (QED) is 0.768. The SMILES string of the molecule is NC(=O)c1ccccc1N1CCC(NC(=O)Cc2ccccc2O)C1. The number of nitrogens with one attached hydrogen (secondary N) is 1. The molecule has 0 spiro atoms. The Morgan fingerprint density at radius 2 is 1.88 bits per heavy atom. The average Bonchev–Trinajstić information content (AvgIpc) is 3.05. The number of hydrogen-bond donors (Lipinski definition) is 3. The zero-order valence-electron chi connectivity index (χ0n) is 13.8. The number of rotatable bonds is 5. The van der Waals surface area contributed by atoms with Gasteiger partial charge in [0.15, 0.2) is 0 Å². The lowest BCUT2D eigenvalue weighted by Crippen LogP contribution is -2.38. The number of benzene rings is 2. The van der Waals surface area contributed by atoms with E-state index < -0.39 is 5.91 Å². The highest BCUT2D eigenvalue weighted by Crippen LogP contribution is 2.24. The normalized spacial score (nSPS) is 16.6. The number of para-hydroxylation sites is 2. The third-order valence-corrected chi connectivity index (χ3v) is 4.41. The topological polar surface area (TPSA) is 95.7 Å². The van der Waals surface area contributed by atoms with E-state index in [1.54, 1.807) is 36.4 Å². The van der Waals surface area contributed by atoms with Gasteiger partial charge in [0, 0.05) is 30.4 Å². The van der Waals surface area contributed by atoms with E-state index in [1.807, 2.05) is 12.1 Å². The van der Waals surface area contributed by atoms with Gasteiger partial charge in [-0.2, -0.15) is 0 Å². The Kier molecular flexibility index (Phi) is 4.88. The van der Waals surface area contributed by atoms with Gasteiger partial charge in [0.2, 0.25) is 5.91 Å². The van der Waals surface area contributed by atoms with Crippen LogP contribution in [-0.2, 0) is 11.2 Å². The number of phenolic OH excluding ortho intramolecular Hbond substituents is 1. The third-order valence-electron chi connectivity index (χ3n) is 4.41. The molecule has 1 saturated heterocycles. The van der Waals surface area contributed by atoms with Crippen molar-refractivity contribution < 1.29 is 14.7 Å². The lowest BCUT2D eigenvalue weighted by molar-refractivity contribution is -0.121. The molecule has 1 fully saturated rings. The maximum absolute atomic E-state index is 12.2. The maximum atomic E-state index is 12.2. The molecule has 1 atom stereocenters. The van der Waals surface area contributed by atoms with Gasteiger partial charge >= 0.3 is 0 Å². The van der Waals surface area contributed by atoms with Gasteiger partial charge in [-0.3, -0.25) is 9.59 Å². The van der Waals surface area contributed by atoms with Crippen LogP contribution in [0.5, 0.6) is 5.75 Å². The molecule has 25 heavy (non-hydrogen) atoms. The number of anilines is 1. The van der Waals surface area contributed by atoms with Crippen molar-refractivity contribution in [2.24, 2.45) is 5.73 Å². The summed E-state index contributed by atoms with van der Waals surface area (Å²) in [4.78, 5) is 25.9. The van der Waals surface area contributed by atoms with Crippen molar-refractivity contribution in [3.05, 3.63) is 59.7 Å². The summed E-state index contributed by atoms with van der Waals surface area (Å²) in [6.07, 6.45) is 0.931. The average molecular weight is 339 g/mol. The van der Waals surface area contributed by atoms with Gasteiger partial charge in [0.25, 0.3) is 5.91 Å². The van der Waals surface area contributed by atoms with Gasteiger partial charge in [-0.15, -0.1) is 0 Å². The molecule has 0 radical (unpaired) electrons. The van der Waals surface area contributed by atoms with E-state index in [-0.39, 0.29) is 24.1 Å². The number of aromatic hydroxyl groups is 1. The summed E-state index contributed by atoms with van der Waals surface area (Å²) >= 11 is 0. The highest BCUT2D eigenvalue weighted by Gasteiger charge is 2.26. The Morgan fingerprint density at radius 1 is 1.16 bits per heavy atom. The van der Waals surface area contributed by atoms with Crippen molar-refractivity contribution in [2.45, 2.75) is 18.9 Å². The van der Waals surface area contributed by atoms with Crippen LogP contribution in [0.4, 0.5) is 5.69 Å². The number of nitrogens with two attached hydrogens (primary N) is 1. The Bertz CT molecular complexity index is 791. The van der Waals surface area contributed by atoms with Crippen LogP contribution in [-0.4, -0.2) is 36.1 Å². The summed E-state index contributed by atoms with van der Waals surface area (Å²) in [5, 5.41) is 12.8. The highest BCUT2D eigenvalue weighted by atomic mass is 16.3. The van der Waals surface area contributed by atoms with Gasteiger partial charge in [-0.05, 0) is 24.6 Å². The van der Waals surface area contributed by atoms with E-state index >= 15 is 0 Å². The molecule has 6 nitrogen and oxygen atoms in total. The van der Waals surface area contributed by atoms with Crippen LogP contribution in [0.15, 0.2) is 48.5 Å². The second-order valence-corrected chi connectivity index (χ2v) is 6.19. The molecule has 4 N–H and O–H groups in total. The number of phenols is 1. The van der Waals surface area contributed by atoms with Gasteiger partial charge in [-0.25, -0.2) is 0 Å². The number of amides is 2. The summed E-state index contributed by atoms with van der Waals surface area (Å²) < 4.78 is 0. The van der Waals surface area contributed by atoms with E-state index in [0.29, 0.717) is 17.7 Å². The third kappa shape index (κ3) is 3.91. The summed E-state index contributed by atoms with van der Waals surface area (Å²) in [6.45, 7) is 1.36. The highest BCUT2D eigenvalue weighted by molar-refractivity contribution is 5.98. The van der Waals surface area contributed by atoms with Gasteiger partial charge in [0.05, 0.1) is 12.0 Å². The van der Waals surface area contributed by atoms with E-state index in [1.165, 1.54) is 0 Å². The second kappa shape index (κ2) is 7.25. The molecule has 1 aliphatic heterocycles. The van der Waals surface area contributed by atoms with Crippen molar-refractivity contribution in [1.29, 1.82) is 0 Å². The van der Waals surface area contributed by atoms with E-state index in [0.717, 1.165) is 18.7 Å². The minimum atomic E-state index is -0.456. The Labute approximate surface area is 146 Å². The summed E-state index contributed by atoms with van der Waals surface area (Å²) in [5.41, 5.74) is 7.33. The van der Waals surface area contributed by atoms with Gasteiger partial charge < -0.3 is 21.1 Å². The molecule has 0 bridgehead atoms. The molecule has 2 amide bonds. The van der Waals surface area contributed by atoms with E-state index in [2.05, 4.69) is 10.2 Å². The van der Waals surface area contributed by atoms with Crippen molar-refractivity contribution in [2.75, 3.05) is 18.0 Å². The summed E-state index contributed by atoms with van der Waals surface area (Å²) in [7, 11) is 0. The Morgan fingerprint density at radius 3 is 2.64 bits per heavy atom. The predicted molar refractivity (Wildman–Crippen MR) is 95.5 cm³/mol. The molecule has 0 aromatic heterocycles. The molecular weight excluding hydrogens is 318 g/mol. The second-order valence-electron chi connectivity index (χ2n) is 6.19. The predicted octanol–water partition coefficient (Wildman–Crippen LogP) is 1.43. The lowest BCUT2D eigenvalue weighted by atomic mass is 10.1. The fourth-order valence-electron chi connectivity index (χ4n) is 3.17. The number of carbonyl (C=O) groups is 2. The van der Waals surface area contributed by atoms with Gasteiger partial charge in [-0.1, -0.05) is 30.3 Å². The first-order valence-corrected chi connectivity index (χ1v) is 8.24. The lowest BCUT2D eigenvalue weighted by Gasteiger charge is -2.21. The molecule has 0 aliphatic carbocycles.